The largest absolute Gasteiger partial charge is 0.309 e. The Morgan fingerprint density at radius 1 is 0.250 bits per heavy atom. The van der Waals surface area contributed by atoms with E-state index in [4.69, 9.17) is 11.6 Å². The van der Waals surface area contributed by atoms with E-state index >= 15 is 0 Å². The molecule has 0 heterocycles. The van der Waals surface area contributed by atoms with Gasteiger partial charge in [0.1, 0.15) is 0 Å². The molecule has 0 aromatic heterocycles. The number of rotatable bonds is 14. The smallest absolute Gasteiger partial charge is 0.0618 e. The summed E-state index contributed by atoms with van der Waals surface area (Å²) in [5.41, 5.74) is 27.7. The van der Waals surface area contributed by atoms with Crippen LogP contribution in [0.5, 0.6) is 0 Å². The zero-order chi connectivity index (χ0) is 66.7. The zero-order valence-corrected chi connectivity index (χ0v) is 57.5. The first-order valence-electron chi connectivity index (χ1n) is 33.4. The minimum Gasteiger partial charge on any atom is -0.309 e. The second-order valence-corrected chi connectivity index (χ2v) is 28.6. The predicted molar refractivity (Wildman–Crippen MR) is 413 cm³/mol. The van der Waals surface area contributed by atoms with Gasteiger partial charge in [0.15, 0.2) is 0 Å². The summed E-state index contributed by atoms with van der Waals surface area (Å²) < 4.78 is 0. The van der Waals surface area contributed by atoms with Crippen LogP contribution >= 0.6 is 11.6 Å². The van der Waals surface area contributed by atoms with Gasteiger partial charge in [0.05, 0.1) is 11.4 Å². The van der Waals surface area contributed by atoms with Gasteiger partial charge in [-0.2, -0.15) is 0 Å². The van der Waals surface area contributed by atoms with Crippen molar-refractivity contribution in [3.63, 3.8) is 0 Å². The highest BCUT2D eigenvalue weighted by atomic mass is 35.5. The molecule has 13 aromatic rings. The van der Waals surface area contributed by atoms with Crippen LogP contribution in [0, 0.1) is 11.8 Å². The van der Waals surface area contributed by atoms with Gasteiger partial charge in [0.2, 0.25) is 0 Å². The van der Waals surface area contributed by atoms with Crippen LogP contribution < -0.4 is 9.80 Å². The molecule has 13 aromatic carbocycles. The SMILES string of the molecule is CC#Cc1cccc(N(c2cc(N(c3cccc(Cl)c3)c3c(-c4ccccc4)cc(C(C)(C)C)cc3-c3cccc(-c4cccc(-c5ccccc5)c4)c3)cc(C(C)(C)C)c2)c2c(-c3ccccc3)cc(C(C)(C)C)cc2-c2cccc(-c3cccc(-c4ccccc4)c3)c2)c1. The summed E-state index contributed by atoms with van der Waals surface area (Å²) in [6.07, 6.45) is 0. The maximum absolute atomic E-state index is 7.33. The van der Waals surface area contributed by atoms with E-state index < -0.39 is 0 Å². The van der Waals surface area contributed by atoms with Crippen LogP contribution in [-0.4, -0.2) is 0 Å². The van der Waals surface area contributed by atoms with Crippen molar-refractivity contribution in [3.8, 4) is 101 Å². The standard InChI is InChI=1S/C93H81ClN2/c1-11-30-64-31-24-49-81(51-64)95(89-85(67-36-20-14-21-37-67)58-78(92(5,6)7)60-87(89)75-46-27-44-73(54-75)71-42-25-40-69(52-71)65-32-16-12-17-33-65)83-56-77(91(2,3)4)57-84(63-83)96(82-50-29-48-80(94)62-82)90-86(68-38-22-15-23-39-68)59-79(93(8,9)10)61-88(90)76-47-28-45-74(55-76)72-43-26-41-70(53-72)66-34-18-13-19-35-66/h12-29,31-63H,1-10H3. The van der Waals surface area contributed by atoms with E-state index in [1.807, 2.05) is 13.0 Å². The molecule has 0 amide bonds. The van der Waals surface area contributed by atoms with Crippen LogP contribution in [0.25, 0.3) is 89.0 Å². The van der Waals surface area contributed by atoms with Crippen molar-refractivity contribution in [2.45, 2.75) is 85.5 Å². The monoisotopic (exact) mass is 1260 g/mol. The highest BCUT2D eigenvalue weighted by Crippen LogP contribution is 2.54. The fourth-order valence-corrected chi connectivity index (χ4v) is 13.3. The molecule has 0 saturated carbocycles. The zero-order valence-electron chi connectivity index (χ0n) is 56.7. The number of hydrogen-bond acceptors (Lipinski definition) is 2. The van der Waals surface area contributed by atoms with Crippen molar-refractivity contribution in [2.75, 3.05) is 9.80 Å². The fourth-order valence-electron chi connectivity index (χ4n) is 13.1. The molecule has 0 aliphatic heterocycles. The van der Waals surface area contributed by atoms with Gasteiger partial charge in [-0.05, 0) is 210 Å². The van der Waals surface area contributed by atoms with E-state index in [2.05, 4.69) is 387 Å². The summed E-state index contributed by atoms with van der Waals surface area (Å²) >= 11 is 7.33. The molecule has 13 rings (SSSR count). The van der Waals surface area contributed by atoms with Crippen LogP contribution in [0.3, 0.4) is 0 Å². The third-order valence-electron chi connectivity index (χ3n) is 18.2. The van der Waals surface area contributed by atoms with Crippen LogP contribution in [0.15, 0.2) is 309 Å². The molecular weight excluding hydrogens is 1180 g/mol. The van der Waals surface area contributed by atoms with Crippen molar-refractivity contribution in [1.29, 1.82) is 0 Å². The van der Waals surface area contributed by atoms with E-state index in [1.54, 1.807) is 0 Å². The van der Waals surface area contributed by atoms with Gasteiger partial charge >= 0.3 is 0 Å². The number of hydrogen-bond donors (Lipinski definition) is 0. The molecule has 0 fully saturated rings. The molecule has 96 heavy (non-hydrogen) atoms. The number of benzene rings is 13. The van der Waals surface area contributed by atoms with Crippen LogP contribution in [0.2, 0.25) is 5.02 Å². The lowest BCUT2D eigenvalue weighted by atomic mass is 9.81. The lowest BCUT2D eigenvalue weighted by Gasteiger charge is -2.36. The lowest BCUT2D eigenvalue weighted by Crippen LogP contribution is -2.20. The molecule has 0 spiro atoms. The minimum atomic E-state index is -0.348. The molecule has 0 N–H and O–H groups in total. The number of anilines is 6. The van der Waals surface area contributed by atoms with Gasteiger partial charge in [-0.25, -0.2) is 0 Å². The maximum Gasteiger partial charge on any atom is 0.0618 e. The average Bonchev–Trinajstić information content (AvgIpc) is 0.742. The Labute approximate surface area is 574 Å². The Morgan fingerprint density at radius 2 is 0.542 bits per heavy atom. The van der Waals surface area contributed by atoms with Gasteiger partial charge in [0.25, 0.3) is 0 Å². The quantitative estimate of drug-likeness (QED) is 0.100. The topological polar surface area (TPSA) is 6.48 Å². The normalized spacial score (nSPS) is 11.6. The van der Waals surface area contributed by atoms with Crippen LogP contribution in [-0.2, 0) is 16.2 Å². The fraction of sp³-hybridized carbons (Fsp3) is 0.140. The summed E-state index contributed by atoms with van der Waals surface area (Å²) in [6.45, 7) is 22.8. The Hall–Kier alpha value is -10.7. The lowest BCUT2D eigenvalue weighted by molar-refractivity contribution is 0.590. The van der Waals surface area contributed by atoms with Crippen molar-refractivity contribution < 1.29 is 0 Å². The molecule has 0 aliphatic carbocycles. The molecule has 470 valence electrons. The maximum atomic E-state index is 7.33. The minimum absolute atomic E-state index is 0.223. The van der Waals surface area contributed by atoms with E-state index in [9.17, 15) is 0 Å². The number of nitrogens with zero attached hydrogens (tertiary/aromatic N) is 2. The summed E-state index contributed by atoms with van der Waals surface area (Å²) in [5.74, 6) is 6.71. The van der Waals surface area contributed by atoms with E-state index in [0.29, 0.717) is 5.02 Å². The summed E-state index contributed by atoms with van der Waals surface area (Å²) in [7, 11) is 0. The first kappa shape index (κ1) is 64.0. The molecule has 3 heteroatoms. The molecule has 0 radical (unpaired) electrons. The first-order chi connectivity index (χ1) is 46.3. The third-order valence-corrected chi connectivity index (χ3v) is 18.5. The van der Waals surface area contributed by atoms with Crippen LogP contribution in [0.1, 0.15) is 91.5 Å². The average molecular weight is 1260 g/mol. The first-order valence-corrected chi connectivity index (χ1v) is 33.8. The van der Waals surface area contributed by atoms with Crippen LogP contribution in [0.4, 0.5) is 34.1 Å². The Bertz CT molecular complexity index is 5010. The molecule has 2 nitrogen and oxygen atoms in total. The number of halogens is 1. The molecular formula is C93H81ClN2. The van der Waals surface area contributed by atoms with E-state index in [-0.39, 0.29) is 16.2 Å². The molecule has 0 atom stereocenters. The Balaban J connectivity index is 1.13. The van der Waals surface area contributed by atoms with Gasteiger partial charge in [-0.1, -0.05) is 286 Å². The third kappa shape index (κ3) is 13.8. The Kier molecular flexibility index (Phi) is 18.0. The molecule has 0 bridgehead atoms. The molecule has 0 aliphatic rings. The van der Waals surface area contributed by atoms with Crippen molar-refractivity contribution >= 4 is 45.7 Å². The van der Waals surface area contributed by atoms with Crippen molar-refractivity contribution in [1.82, 2.24) is 0 Å². The summed E-state index contributed by atoms with van der Waals surface area (Å²) in [6, 6.07) is 114. The highest BCUT2D eigenvalue weighted by Gasteiger charge is 2.32. The molecule has 0 saturated heterocycles. The highest BCUT2D eigenvalue weighted by molar-refractivity contribution is 6.31. The summed E-state index contributed by atoms with van der Waals surface area (Å²) in [4.78, 5) is 5.01. The Morgan fingerprint density at radius 3 is 0.906 bits per heavy atom. The second kappa shape index (κ2) is 27.0. The van der Waals surface area contributed by atoms with Gasteiger partial charge < -0.3 is 9.80 Å². The van der Waals surface area contributed by atoms with Gasteiger partial charge in [-0.3, -0.25) is 0 Å². The van der Waals surface area contributed by atoms with Gasteiger partial charge in [-0.15, -0.1) is 5.92 Å². The van der Waals surface area contributed by atoms with Crippen molar-refractivity contribution in [2.24, 2.45) is 0 Å². The van der Waals surface area contributed by atoms with Crippen molar-refractivity contribution in [3.05, 3.63) is 337 Å². The predicted octanol–water partition coefficient (Wildman–Crippen LogP) is 26.9. The second-order valence-electron chi connectivity index (χ2n) is 28.2. The molecule has 0 unspecified atom stereocenters. The summed E-state index contributed by atoms with van der Waals surface area (Å²) in [5, 5.41) is 0.639. The van der Waals surface area contributed by atoms with E-state index in [1.165, 1.54) is 33.4 Å². The van der Waals surface area contributed by atoms with E-state index in [0.717, 1.165) is 112 Å². The van der Waals surface area contributed by atoms with Gasteiger partial charge in [0, 0.05) is 55.6 Å².